The summed E-state index contributed by atoms with van der Waals surface area (Å²) in [5.74, 6) is 0. The van der Waals surface area contributed by atoms with Gasteiger partial charge in [-0.2, -0.15) is 9.59 Å². The smallest absolute Gasteiger partial charge is 0.415 e. The minimum absolute atomic E-state index is 0.242. The lowest BCUT2D eigenvalue weighted by Crippen LogP contribution is -2.46. The van der Waals surface area contributed by atoms with Crippen LogP contribution in [-0.4, -0.2) is 47.4 Å². The first-order valence-electron chi connectivity index (χ1n) is 11.8. The van der Waals surface area contributed by atoms with Crippen LogP contribution in [0.1, 0.15) is 29.7 Å². The average Bonchev–Trinajstić information content (AvgIpc) is 3.20. The van der Waals surface area contributed by atoms with Crippen LogP contribution in [0.3, 0.4) is 0 Å². The number of piperidine rings is 1. The molecule has 2 saturated heterocycles. The third-order valence-corrected chi connectivity index (χ3v) is 7.21. The zero-order valence-corrected chi connectivity index (χ0v) is 21.1. The zero-order chi connectivity index (χ0) is 25.7. The average molecular weight is 506 g/mol. The van der Waals surface area contributed by atoms with Crippen molar-refractivity contribution >= 4 is 29.5 Å². The summed E-state index contributed by atoms with van der Waals surface area (Å²) < 4.78 is 5.93. The summed E-state index contributed by atoms with van der Waals surface area (Å²) in [5.41, 5.74) is 6.03. The number of rotatable bonds is 4. The molecular formula is C28H28ClN3O4. The Balaban J connectivity index is 0.000000967. The zero-order valence-electron chi connectivity index (χ0n) is 20.4. The number of hydrogen-bond donors (Lipinski definition) is 0. The number of anilines is 1. The van der Waals surface area contributed by atoms with Gasteiger partial charge in [0, 0.05) is 60.6 Å². The topological polar surface area (TPSA) is 79.8 Å². The summed E-state index contributed by atoms with van der Waals surface area (Å²) in [5, 5.41) is 0.783. The highest BCUT2D eigenvalue weighted by molar-refractivity contribution is 6.31. The number of para-hydroxylation sites is 1. The van der Waals surface area contributed by atoms with Crippen molar-refractivity contribution in [1.29, 1.82) is 0 Å². The quantitative estimate of drug-likeness (QED) is 0.470. The fourth-order valence-corrected chi connectivity index (χ4v) is 4.99. The summed E-state index contributed by atoms with van der Waals surface area (Å²) in [4.78, 5) is 37.5. The molecular weight excluding hydrogens is 478 g/mol. The summed E-state index contributed by atoms with van der Waals surface area (Å²) in [7, 11) is 0. The second-order valence-corrected chi connectivity index (χ2v) is 9.69. The molecule has 1 spiro atoms. The fraction of sp³-hybridized carbons (Fsp3) is 0.321. The summed E-state index contributed by atoms with van der Waals surface area (Å²) in [6.45, 7) is 7.18. The number of carbonyl (C=O) groups is 1. The van der Waals surface area contributed by atoms with Gasteiger partial charge in [0.1, 0.15) is 5.60 Å². The Bertz CT molecular complexity index is 1250. The van der Waals surface area contributed by atoms with Gasteiger partial charge in [-0.05, 0) is 60.9 Å². The Morgan fingerprint density at radius 2 is 1.75 bits per heavy atom. The van der Waals surface area contributed by atoms with E-state index in [4.69, 9.17) is 25.9 Å². The van der Waals surface area contributed by atoms with Gasteiger partial charge in [-0.15, -0.1) is 0 Å². The van der Waals surface area contributed by atoms with E-state index in [-0.39, 0.29) is 12.2 Å². The first-order chi connectivity index (χ1) is 17.3. The molecule has 2 aromatic carbocycles. The maximum absolute atomic E-state index is 12.6. The van der Waals surface area contributed by atoms with Crippen LogP contribution in [0, 0.1) is 13.8 Å². The maximum atomic E-state index is 12.6. The van der Waals surface area contributed by atoms with Gasteiger partial charge in [-0.3, -0.25) is 14.8 Å². The number of benzene rings is 2. The molecule has 0 saturated carbocycles. The van der Waals surface area contributed by atoms with Crippen LogP contribution < -0.4 is 4.90 Å². The first kappa shape index (κ1) is 25.6. The number of ether oxygens (including phenoxy) is 1. The number of likely N-dealkylation sites (tertiary alicyclic amines) is 1. The molecule has 0 N–H and O–H groups in total. The number of hydrogen-bond acceptors (Lipinski definition) is 6. The van der Waals surface area contributed by atoms with Gasteiger partial charge >= 0.3 is 12.2 Å². The Morgan fingerprint density at radius 1 is 1.06 bits per heavy atom. The van der Waals surface area contributed by atoms with Gasteiger partial charge in [0.15, 0.2) is 0 Å². The largest absolute Gasteiger partial charge is 0.441 e. The number of halogens is 1. The van der Waals surface area contributed by atoms with Crippen LogP contribution in [0.15, 0.2) is 60.8 Å². The van der Waals surface area contributed by atoms with Crippen molar-refractivity contribution < 1.29 is 19.1 Å². The Labute approximate surface area is 215 Å². The highest BCUT2D eigenvalue weighted by Crippen LogP contribution is 2.37. The molecule has 186 valence electrons. The van der Waals surface area contributed by atoms with Crippen molar-refractivity contribution in [1.82, 2.24) is 9.88 Å². The van der Waals surface area contributed by atoms with E-state index in [1.165, 1.54) is 11.1 Å². The van der Waals surface area contributed by atoms with E-state index < -0.39 is 5.60 Å². The monoisotopic (exact) mass is 505 g/mol. The molecule has 1 aromatic heterocycles. The van der Waals surface area contributed by atoms with E-state index >= 15 is 0 Å². The molecule has 8 heteroatoms. The van der Waals surface area contributed by atoms with Gasteiger partial charge in [0.05, 0.1) is 6.54 Å². The molecule has 2 aliphatic heterocycles. The minimum atomic E-state index is -0.405. The van der Waals surface area contributed by atoms with Gasteiger partial charge in [-0.25, -0.2) is 4.79 Å². The van der Waals surface area contributed by atoms with Crippen LogP contribution in [0.5, 0.6) is 0 Å². The molecule has 0 bridgehead atoms. The van der Waals surface area contributed by atoms with Gasteiger partial charge in [0.2, 0.25) is 0 Å². The van der Waals surface area contributed by atoms with Crippen molar-refractivity contribution in [2.45, 2.75) is 38.8 Å². The molecule has 2 aliphatic rings. The SMILES string of the molecule is Cc1ccc(-c2cc(C)c(Cl)cc2CN2CCC3(CC2)CN(c2ccccc2)C(=O)O3)cn1.O=C=O. The molecule has 0 radical (unpaired) electrons. The number of aryl methyl sites for hydroxylation is 2. The third kappa shape index (κ3) is 5.65. The molecule has 0 atom stereocenters. The van der Waals surface area contributed by atoms with Crippen molar-refractivity contribution in [2.24, 2.45) is 0 Å². The molecule has 3 heterocycles. The standard InChI is InChI=1S/C27H28ClN3O2.CO2/c1-19-14-24(21-9-8-20(2)29-16-21)22(15-25(19)28)17-30-12-10-27(11-13-30)18-31(26(32)33-27)23-6-4-3-5-7-23;2-1-3/h3-9,14-16H,10-13,17-18H2,1-2H3;. The highest BCUT2D eigenvalue weighted by Gasteiger charge is 2.47. The van der Waals surface area contributed by atoms with Crippen LogP contribution >= 0.6 is 11.6 Å². The van der Waals surface area contributed by atoms with Crippen molar-refractivity contribution in [3.63, 3.8) is 0 Å². The summed E-state index contributed by atoms with van der Waals surface area (Å²) in [6.07, 6.45) is 3.59. The summed E-state index contributed by atoms with van der Waals surface area (Å²) in [6, 6.07) is 18.2. The molecule has 7 nitrogen and oxygen atoms in total. The van der Waals surface area contributed by atoms with Crippen LogP contribution in [0.25, 0.3) is 11.1 Å². The van der Waals surface area contributed by atoms with Crippen molar-refractivity contribution in [3.8, 4) is 11.1 Å². The van der Waals surface area contributed by atoms with Gasteiger partial charge in [-0.1, -0.05) is 35.9 Å². The lowest BCUT2D eigenvalue weighted by Gasteiger charge is -2.37. The number of pyridine rings is 1. The minimum Gasteiger partial charge on any atom is -0.441 e. The number of amides is 1. The van der Waals surface area contributed by atoms with E-state index in [0.29, 0.717) is 6.54 Å². The molecule has 5 rings (SSSR count). The van der Waals surface area contributed by atoms with Gasteiger partial charge in [0.25, 0.3) is 0 Å². The Kier molecular flexibility index (Phi) is 7.85. The van der Waals surface area contributed by atoms with Crippen LogP contribution in [0.4, 0.5) is 10.5 Å². The lowest BCUT2D eigenvalue weighted by atomic mass is 9.90. The number of carbonyl (C=O) groups excluding carboxylic acids is 3. The molecule has 1 amide bonds. The van der Waals surface area contributed by atoms with E-state index in [1.54, 1.807) is 4.90 Å². The fourth-order valence-electron chi connectivity index (χ4n) is 4.80. The lowest BCUT2D eigenvalue weighted by molar-refractivity contribution is -0.191. The van der Waals surface area contributed by atoms with Crippen LogP contribution in [0.2, 0.25) is 5.02 Å². The highest BCUT2D eigenvalue weighted by atomic mass is 35.5. The normalized spacial score (nSPS) is 16.8. The molecule has 36 heavy (non-hydrogen) atoms. The third-order valence-electron chi connectivity index (χ3n) is 6.81. The Morgan fingerprint density at radius 3 is 2.39 bits per heavy atom. The summed E-state index contributed by atoms with van der Waals surface area (Å²) >= 11 is 6.51. The Hall–Kier alpha value is -3.51. The van der Waals surface area contributed by atoms with E-state index in [9.17, 15) is 4.79 Å². The van der Waals surface area contributed by atoms with E-state index in [1.807, 2.05) is 56.4 Å². The van der Waals surface area contributed by atoms with Crippen molar-refractivity contribution in [2.75, 3.05) is 24.5 Å². The van der Waals surface area contributed by atoms with E-state index in [0.717, 1.165) is 60.0 Å². The molecule has 0 unspecified atom stereocenters. The predicted octanol–water partition coefficient (Wildman–Crippen LogP) is 5.43. The second kappa shape index (κ2) is 11.0. The van der Waals surface area contributed by atoms with E-state index in [2.05, 4.69) is 28.1 Å². The number of aromatic nitrogens is 1. The number of nitrogens with zero attached hydrogens (tertiary/aromatic N) is 3. The van der Waals surface area contributed by atoms with Crippen molar-refractivity contribution in [3.05, 3.63) is 82.6 Å². The second-order valence-electron chi connectivity index (χ2n) is 9.28. The predicted molar refractivity (Wildman–Crippen MR) is 137 cm³/mol. The maximum Gasteiger partial charge on any atom is 0.415 e. The molecule has 3 aromatic rings. The molecule has 2 fully saturated rings. The first-order valence-corrected chi connectivity index (χ1v) is 12.2. The van der Waals surface area contributed by atoms with Gasteiger partial charge < -0.3 is 4.74 Å². The van der Waals surface area contributed by atoms with Crippen LogP contribution in [-0.2, 0) is 20.9 Å². The molecule has 0 aliphatic carbocycles.